The number of ether oxygens (including phenoxy) is 1. The molecule has 0 aliphatic heterocycles. The van der Waals surface area contributed by atoms with E-state index in [2.05, 4.69) is 17.3 Å². The maximum absolute atomic E-state index is 5.43. The van der Waals surface area contributed by atoms with Gasteiger partial charge in [0, 0.05) is 26.2 Å². The van der Waals surface area contributed by atoms with E-state index in [1.807, 2.05) is 14.2 Å². The van der Waals surface area contributed by atoms with Gasteiger partial charge < -0.3 is 15.0 Å². The highest BCUT2D eigenvalue weighted by molar-refractivity contribution is 4.79. The third kappa shape index (κ3) is 3.56. The van der Waals surface area contributed by atoms with Crippen LogP contribution in [0.15, 0.2) is 0 Å². The van der Waals surface area contributed by atoms with Gasteiger partial charge in [0.15, 0.2) is 0 Å². The predicted molar refractivity (Wildman–Crippen MR) is 59.6 cm³/mol. The zero-order valence-electron chi connectivity index (χ0n) is 9.75. The Morgan fingerprint density at radius 3 is 2.86 bits per heavy atom. The summed E-state index contributed by atoms with van der Waals surface area (Å²) in [4.78, 5) is 2.46. The molecule has 3 nitrogen and oxygen atoms in total. The molecule has 1 aliphatic carbocycles. The van der Waals surface area contributed by atoms with Gasteiger partial charge in [0.05, 0.1) is 6.10 Å². The molecule has 14 heavy (non-hydrogen) atoms. The van der Waals surface area contributed by atoms with Gasteiger partial charge in [-0.1, -0.05) is 0 Å². The SMILES string of the molecule is CNCCN(C)C1CCCC(OC)C1. The monoisotopic (exact) mass is 200 g/mol. The normalized spacial score (nSPS) is 28.3. The molecule has 1 rings (SSSR count). The molecule has 0 amide bonds. The number of methoxy groups -OCH3 is 1. The average Bonchev–Trinajstić information content (AvgIpc) is 2.26. The fraction of sp³-hybridized carbons (Fsp3) is 1.00. The molecule has 0 bridgehead atoms. The fourth-order valence-electron chi connectivity index (χ4n) is 2.21. The molecular weight excluding hydrogens is 176 g/mol. The van der Waals surface area contributed by atoms with Crippen LogP contribution in [0.1, 0.15) is 25.7 Å². The Hall–Kier alpha value is -0.120. The Morgan fingerprint density at radius 1 is 1.43 bits per heavy atom. The van der Waals surface area contributed by atoms with Crippen LogP contribution < -0.4 is 5.32 Å². The van der Waals surface area contributed by atoms with Gasteiger partial charge in [0.2, 0.25) is 0 Å². The van der Waals surface area contributed by atoms with Gasteiger partial charge >= 0.3 is 0 Å². The lowest BCUT2D eigenvalue weighted by Gasteiger charge is -2.34. The molecule has 0 spiro atoms. The van der Waals surface area contributed by atoms with Crippen molar-refractivity contribution in [1.29, 1.82) is 0 Å². The predicted octanol–water partition coefficient (Wildman–Crippen LogP) is 1.10. The second-order valence-electron chi connectivity index (χ2n) is 4.26. The van der Waals surface area contributed by atoms with E-state index < -0.39 is 0 Å². The van der Waals surface area contributed by atoms with Crippen LogP contribution in [-0.2, 0) is 4.74 Å². The van der Waals surface area contributed by atoms with Crippen molar-refractivity contribution in [2.24, 2.45) is 0 Å². The van der Waals surface area contributed by atoms with E-state index in [1.165, 1.54) is 25.7 Å². The summed E-state index contributed by atoms with van der Waals surface area (Å²) in [6, 6.07) is 0.724. The summed E-state index contributed by atoms with van der Waals surface area (Å²) in [5, 5.41) is 3.19. The van der Waals surface area contributed by atoms with Crippen LogP contribution in [0.4, 0.5) is 0 Å². The van der Waals surface area contributed by atoms with Gasteiger partial charge in [0.25, 0.3) is 0 Å². The largest absolute Gasteiger partial charge is 0.381 e. The van der Waals surface area contributed by atoms with E-state index in [0.717, 1.165) is 19.1 Å². The Labute approximate surface area is 87.8 Å². The van der Waals surface area contributed by atoms with Crippen molar-refractivity contribution in [1.82, 2.24) is 10.2 Å². The molecule has 2 unspecified atom stereocenters. The molecule has 84 valence electrons. The summed E-state index contributed by atoms with van der Waals surface area (Å²) < 4.78 is 5.43. The van der Waals surface area contributed by atoms with Crippen molar-refractivity contribution in [3.8, 4) is 0 Å². The van der Waals surface area contributed by atoms with Crippen LogP contribution in [0.3, 0.4) is 0 Å². The quantitative estimate of drug-likeness (QED) is 0.719. The topological polar surface area (TPSA) is 24.5 Å². The molecule has 1 aliphatic rings. The number of nitrogens with one attached hydrogen (secondary N) is 1. The van der Waals surface area contributed by atoms with Gasteiger partial charge in [-0.3, -0.25) is 0 Å². The third-order valence-electron chi connectivity index (χ3n) is 3.27. The Balaban J connectivity index is 2.27. The number of hydrogen-bond acceptors (Lipinski definition) is 3. The van der Waals surface area contributed by atoms with E-state index in [1.54, 1.807) is 0 Å². The minimum absolute atomic E-state index is 0.491. The lowest BCUT2D eigenvalue weighted by Crippen LogP contribution is -2.40. The molecule has 1 fully saturated rings. The van der Waals surface area contributed by atoms with Crippen LogP contribution in [0, 0.1) is 0 Å². The molecule has 0 saturated heterocycles. The van der Waals surface area contributed by atoms with Gasteiger partial charge in [-0.15, -0.1) is 0 Å². The summed E-state index contributed by atoms with van der Waals surface area (Å²) in [5.41, 5.74) is 0. The van der Waals surface area contributed by atoms with Crippen molar-refractivity contribution >= 4 is 0 Å². The minimum Gasteiger partial charge on any atom is -0.381 e. The Bertz CT molecular complexity index is 152. The Morgan fingerprint density at radius 2 is 2.21 bits per heavy atom. The smallest absolute Gasteiger partial charge is 0.0586 e. The molecule has 0 radical (unpaired) electrons. The molecule has 0 aromatic carbocycles. The third-order valence-corrected chi connectivity index (χ3v) is 3.27. The summed E-state index contributed by atoms with van der Waals surface area (Å²) in [6.07, 6.45) is 5.59. The molecule has 3 heteroatoms. The minimum atomic E-state index is 0.491. The number of hydrogen-bond donors (Lipinski definition) is 1. The first-order valence-electron chi connectivity index (χ1n) is 5.65. The van der Waals surface area contributed by atoms with Crippen molar-refractivity contribution in [2.45, 2.75) is 37.8 Å². The lowest BCUT2D eigenvalue weighted by molar-refractivity contribution is 0.0350. The van der Waals surface area contributed by atoms with Crippen molar-refractivity contribution < 1.29 is 4.74 Å². The first-order chi connectivity index (χ1) is 6.77. The van der Waals surface area contributed by atoms with Crippen LogP contribution in [0.25, 0.3) is 0 Å². The summed E-state index contributed by atoms with van der Waals surface area (Å²) in [6.45, 7) is 2.21. The van der Waals surface area contributed by atoms with Crippen LogP contribution in [0.2, 0.25) is 0 Å². The Kier molecular flexibility index (Phi) is 5.45. The average molecular weight is 200 g/mol. The highest BCUT2D eigenvalue weighted by atomic mass is 16.5. The molecule has 0 aromatic heterocycles. The summed E-state index contributed by atoms with van der Waals surface area (Å²) >= 11 is 0. The number of nitrogens with zero attached hydrogens (tertiary/aromatic N) is 1. The van der Waals surface area contributed by atoms with Gasteiger partial charge in [-0.25, -0.2) is 0 Å². The van der Waals surface area contributed by atoms with Gasteiger partial charge in [-0.2, -0.15) is 0 Å². The van der Waals surface area contributed by atoms with E-state index in [-0.39, 0.29) is 0 Å². The summed E-state index contributed by atoms with van der Waals surface area (Å²) in [7, 11) is 6.06. The summed E-state index contributed by atoms with van der Waals surface area (Å²) in [5.74, 6) is 0. The zero-order valence-corrected chi connectivity index (χ0v) is 9.75. The highest BCUT2D eigenvalue weighted by Crippen LogP contribution is 2.23. The van der Waals surface area contributed by atoms with Gasteiger partial charge in [-0.05, 0) is 39.8 Å². The van der Waals surface area contributed by atoms with Crippen molar-refractivity contribution in [3.63, 3.8) is 0 Å². The maximum atomic E-state index is 5.43. The second-order valence-corrected chi connectivity index (χ2v) is 4.26. The first kappa shape index (κ1) is 12.0. The molecule has 1 N–H and O–H groups in total. The zero-order chi connectivity index (χ0) is 10.4. The molecule has 1 saturated carbocycles. The van der Waals surface area contributed by atoms with Crippen molar-refractivity contribution in [3.05, 3.63) is 0 Å². The number of likely N-dealkylation sites (N-methyl/N-ethyl adjacent to an activating group) is 2. The van der Waals surface area contributed by atoms with E-state index in [0.29, 0.717) is 6.10 Å². The maximum Gasteiger partial charge on any atom is 0.0586 e. The van der Waals surface area contributed by atoms with Crippen LogP contribution >= 0.6 is 0 Å². The number of rotatable bonds is 5. The van der Waals surface area contributed by atoms with Crippen molar-refractivity contribution in [2.75, 3.05) is 34.3 Å². The molecule has 0 aromatic rings. The first-order valence-corrected chi connectivity index (χ1v) is 5.65. The fourth-order valence-corrected chi connectivity index (χ4v) is 2.21. The van der Waals surface area contributed by atoms with Crippen LogP contribution in [0.5, 0.6) is 0 Å². The lowest BCUT2D eigenvalue weighted by atomic mass is 9.92. The van der Waals surface area contributed by atoms with E-state index in [4.69, 9.17) is 4.74 Å². The standard InChI is InChI=1S/C11H24N2O/c1-12-7-8-13(2)10-5-4-6-11(9-10)14-3/h10-12H,4-9H2,1-3H3. The molecular formula is C11H24N2O. The second kappa shape index (κ2) is 6.38. The van der Waals surface area contributed by atoms with Crippen LogP contribution in [-0.4, -0.2) is 51.3 Å². The highest BCUT2D eigenvalue weighted by Gasteiger charge is 2.24. The van der Waals surface area contributed by atoms with E-state index in [9.17, 15) is 0 Å². The molecule has 2 atom stereocenters. The molecule has 0 heterocycles. The van der Waals surface area contributed by atoms with E-state index >= 15 is 0 Å². The van der Waals surface area contributed by atoms with Gasteiger partial charge in [0.1, 0.15) is 0 Å².